The maximum absolute atomic E-state index is 9.40. The van der Waals surface area contributed by atoms with Crippen LogP contribution in [0.25, 0.3) is 11.1 Å². The molecule has 6 heteroatoms. The molecular formula is C17H14N4OS. The van der Waals surface area contributed by atoms with Crippen LogP contribution in [-0.2, 0) is 4.74 Å². The van der Waals surface area contributed by atoms with Crippen LogP contribution in [0, 0.1) is 27.3 Å². The fraction of sp³-hybridized carbons (Fsp3) is 0.235. The molecule has 2 heterocycles. The van der Waals surface area contributed by atoms with Crippen LogP contribution in [0.15, 0.2) is 24.3 Å². The van der Waals surface area contributed by atoms with E-state index in [1.807, 2.05) is 24.3 Å². The predicted octanol–water partition coefficient (Wildman–Crippen LogP) is 3.24. The van der Waals surface area contributed by atoms with E-state index in [1.54, 1.807) is 0 Å². The topological polar surface area (TPSA) is 98.6 Å². The minimum absolute atomic E-state index is 0.180. The molecule has 0 spiro atoms. The van der Waals surface area contributed by atoms with Gasteiger partial charge in [0, 0.05) is 18.1 Å². The first kappa shape index (κ1) is 15.2. The highest BCUT2D eigenvalue weighted by Gasteiger charge is 2.19. The lowest BCUT2D eigenvalue weighted by atomic mass is 9.93. The van der Waals surface area contributed by atoms with Crippen LogP contribution in [0.2, 0.25) is 0 Å². The largest absolute Gasteiger partial charge is 0.384 e. The second kappa shape index (κ2) is 6.21. The molecule has 1 aliphatic rings. The van der Waals surface area contributed by atoms with Gasteiger partial charge in [-0.25, -0.2) is 0 Å². The number of nitriles is 2. The Labute approximate surface area is 138 Å². The van der Waals surface area contributed by atoms with Crippen molar-refractivity contribution in [3.8, 4) is 23.3 Å². The molecule has 1 atom stereocenters. The lowest BCUT2D eigenvalue weighted by Crippen LogP contribution is -2.02. The Bertz CT molecular complexity index is 881. The standard InChI is InChI=1S/C17H14N4OS/c18-7-13-15(14(8-19)17(23)21-16(13)20)11-3-1-10(2-4-11)12-5-6-22-9-12/h1-4,12H,5-6,9H2,(H3,20,21,23). The predicted molar refractivity (Wildman–Crippen MR) is 89.1 cm³/mol. The van der Waals surface area contributed by atoms with Crippen molar-refractivity contribution in [3.05, 3.63) is 45.6 Å². The van der Waals surface area contributed by atoms with Gasteiger partial charge in [-0.2, -0.15) is 10.5 Å². The molecule has 3 rings (SSSR count). The van der Waals surface area contributed by atoms with Gasteiger partial charge in [0.1, 0.15) is 28.2 Å². The number of nitrogens with zero attached hydrogens (tertiary/aromatic N) is 2. The third-order valence-electron chi connectivity index (χ3n) is 4.07. The molecule has 0 amide bonds. The highest BCUT2D eigenvalue weighted by atomic mass is 32.1. The summed E-state index contributed by atoms with van der Waals surface area (Å²) in [5.41, 5.74) is 8.80. The van der Waals surface area contributed by atoms with Gasteiger partial charge in [-0.15, -0.1) is 0 Å². The number of anilines is 1. The first-order valence-electron chi connectivity index (χ1n) is 7.19. The van der Waals surface area contributed by atoms with Gasteiger partial charge >= 0.3 is 0 Å². The van der Waals surface area contributed by atoms with Gasteiger partial charge < -0.3 is 15.5 Å². The fourth-order valence-electron chi connectivity index (χ4n) is 2.85. The zero-order valence-corrected chi connectivity index (χ0v) is 13.1. The number of aromatic amines is 1. The summed E-state index contributed by atoms with van der Waals surface area (Å²) in [6.07, 6.45) is 1.01. The third-order valence-corrected chi connectivity index (χ3v) is 4.37. The van der Waals surface area contributed by atoms with Gasteiger partial charge in [-0.05, 0) is 17.5 Å². The van der Waals surface area contributed by atoms with E-state index in [0.29, 0.717) is 11.5 Å². The van der Waals surface area contributed by atoms with Crippen molar-refractivity contribution in [2.45, 2.75) is 12.3 Å². The zero-order valence-electron chi connectivity index (χ0n) is 12.3. The second-order valence-electron chi connectivity index (χ2n) is 5.40. The number of nitrogens with two attached hydrogens (primary N) is 1. The molecule has 0 radical (unpaired) electrons. The summed E-state index contributed by atoms with van der Waals surface area (Å²) >= 11 is 5.16. The normalized spacial score (nSPS) is 16.7. The number of ether oxygens (including phenoxy) is 1. The molecule has 2 aromatic rings. The van der Waals surface area contributed by atoms with E-state index in [9.17, 15) is 10.5 Å². The number of aromatic nitrogens is 1. The minimum atomic E-state index is 0.180. The lowest BCUT2D eigenvalue weighted by molar-refractivity contribution is 0.194. The number of H-pyrrole nitrogens is 1. The molecule has 0 aliphatic carbocycles. The van der Waals surface area contributed by atoms with Crippen LogP contribution in [0.3, 0.4) is 0 Å². The van der Waals surface area contributed by atoms with Crippen LogP contribution in [-0.4, -0.2) is 18.2 Å². The summed E-state index contributed by atoms with van der Waals surface area (Å²) in [5, 5.41) is 18.8. The summed E-state index contributed by atoms with van der Waals surface area (Å²) in [6, 6.07) is 11.9. The van der Waals surface area contributed by atoms with Crippen molar-refractivity contribution < 1.29 is 4.74 Å². The van der Waals surface area contributed by atoms with Crippen molar-refractivity contribution in [2.75, 3.05) is 18.9 Å². The Balaban J connectivity index is 2.13. The zero-order chi connectivity index (χ0) is 16.4. The number of pyridine rings is 1. The SMILES string of the molecule is N#Cc1c(N)[nH]c(=S)c(C#N)c1-c1ccc(C2CCOC2)cc1. The molecule has 5 nitrogen and oxygen atoms in total. The number of benzene rings is 1. The Morgan fingerprint density at radius 2 is 1.87 bits per heavy atom. The quantitative estimate of drug-likeness (QED) is 0.827. The van der Waals surface area contributed by atoms with Gasteiger partial charge in [0.15, 0.2) is 0 Å². The molecule has 1 unspecified atom stereocenters. The van der Waals surface area contributed by atoms with Crippen molar-refractivity contribution in [2.24, 2.45) is 0 Å². The lowest BCUT2D eigenvalue weighted by Gasteiger charge is -2.12. The summed E-state index contributed by atoms with van der Waals surface area (Å²) < 4.78 is 5.65. The average molecular weight is 322 g/mol. The van der Waals surface area contributed by atoms with E-state index in [2.05, 4.69) is 17.1 Å². The number of hydrogen-bond donors (Lipinski definition) is 2. The number of rotatable bonds is 2. The molecule has 114 valence electrons. The molecule has 1 saturated heterocycles. The van der Waals surface area contributed by atoms with Crippen LogP contribution >= 0.6 is 12.2 Å². The third kappa shape index (κ3) is 2.70. The van der Waals surface area contributed by atoms with Gasteiger partial charge in [0.05, 0.1) is 12.2 Å². The van der Waals surface area contributed by atoms with Crippen LogP contribution in [0.4, 0.5) is 5.82 Å². The Morgan fingerprint density at radius 1 is 1.17 bits per heavy atom. The Kier molecular flexibility index (Phi) is 4.12. The summed E-state index contributed by atoms with van der Waals surface area (Å²) in [6.45, 7) is 1.52. The van der Waals surface area contributed by atoms with Crippen LogP contribution in [0.1, 0.15) is 29.0 Å². The van der Waals surface area contributed by atoms with Crippen LogP contribution < -0.4 is 5.73 Å². The summed E-state index contributed by atoms with van der Waals surface area (Å²) in [4.78, 5) is 2.71. The molecule has 1 aromatic heterocycles. The smallest absolute Gasteiger partial charge is 0.123 e. The number of nitrogen functional groups attached to an aromatic ring is 1. The first-order chi connectivity index (χ1) is 11.2. The van der Waals surface area contributed by atoms with Crippen molar-refractivity contribution in [1.82, 2.24) is 4.98 Å². The van der Waals surface area contributed by atoms with E-state index in [1.165, 1.54) is 5.56 Å². The number of nitrogens with one attached hydrogen (secondary N) is 1. The molecular weight excluding hydrogens is 308 g/mol. The second-order valence-corrected chi connectivity index (χ2v) is 5.81. The van der Waals surface area contributed by atoms with Crippen molar-refractivity contribution in [1.29, 1.82) is 10.5 Å². The van der Waals surface area contributed by atoms with E-state index in [-0.39, 0.29) is 21.6 Å². The van der Waals surface area contributed by atoms with E-state index in [0.717, 1.165) is 25.2 Å². The molecule has 1 aliphatic heterocycles. The number of hydrogen-bond acceptors (Lipinski definition) is 5. The van der Waals surface area contributed by atoms with Crippen molar-refractivity contribution in [3.63, 3.8) is 0 Å². The highest BCUT2D eigenvalue weighted by Crippen LogP contribution is 2.32. The van der Waals surface area contributed by atoms with E-state index < -0.39 is 0 Å². The highest BCUT2D eigenvalue weighted by molar-refractivity contribution is 7.71. The molecule has 23 heavy (non-hydrogen) atoms. The molecule has 0 saturated carbocycles. The van der Waals surface area contributed by atoms with Gasteiger partial charge in [0.2, 0.25) is 0 Å². The fourth-order valence-corrected chi connectivity index (χ4v) is 3.11. The van der Waals surface area contributed by atoms with E-state index >= 15 is 0 Å². The minimum Gasteiger partial charge on any atom is -0.384 e. The molecule has 3 N–H and O–H groups in total. The first-order valence-corrected chi connectivity index (χ1v) is 7.60. The maximum Gasteiger partial charge on any atom is 0.123 e. The summed E-state index contributed by atoms with van der Waals surface area (Å²) in [5.74, 6) is 0.582. The molecule has 1 fully saturated rings. The average Bonchev–Trinajstić information content (AvgIpc) is 3.09. The van der Waals surface area contributed by atoms with Crippen molar-refractivity contribution >= 4 is 18.0 Å². The van der Waals surface area contributed by atoms with Gasteiger partial charge in [-0.3, -0.25) is 0 Å². The van der Waals surface area contributed by atoms with Gasteiger partial charge in [-0.1, -0.05) is 36.5 Å². The maximum atomic E-state index is 9.40. The Morgan fingerprint density at radius 3 is 2.43 bits per heavy atom. The monoisotopic (exact) mass is 322 g/mol. The van der Waals surface area contributed by atoms with E-state index in [4.69, 9.17) is 22.7 Å². The van der Waals surface area contributed by atoms with Gasteiger partial charge in [0.25, 0.3) is 0 Å². The molecule has 0 bridgehead atoms. The van der Waals surface area contributed by atoms with Crippen LogP contribution in [0.5, 0.6) is 0 Å². The summed E-state index contributed by atoms with van der Waals surface area (Å²) in [7, 11) is 0. The molecule has 1 aromatic carbocycles. The Hall–Kier alpha value is -2.67.